The van der Waals surface area contributed by atoms with Crippen LogP contribution in [0.4, 0.5) is 10.8 Å². The van der Waals surface area contributed by atoms with Crippen LogP contribution in [-0.2, 0) is 11.2 Å². The first-order chi connectivity index (χ1) is 17.1. The van der Waals surface area contributed by atoms with Crippen LogP contribution in [0.2, 0.25) is 0 Å². The fraction of sp³-hybridized carbons (Fsp3) is 0.571. The van der Waals surface area contributed by atoms with E-state index in [1.165, 1.54) is 4.88 Å². The Kier molecular flexibility index (Phi) is 7.67. The number of amides is 1. The topological polar surface area (TPSA) is 83.9 Å². The average Bonchev–Trinajstić information content (AvgIpc) is 3.25. The van der Waals surface area contributed by atoms with Gasteiger partial charge in [-0.2, -0.15) is 0 Å². The molecule has 1 aromatic carbocycles. The van der Waals surface area contributed by atoms with Gasteiger partial charge in [-0.25, -0.2) is 4.98 Å². The van der Waals surface area contributed by atoms with Crippen LogP contribution in [0, 0.1) is 23.2 Å². The van der Waals surface area contributed by atoms with Gasteiger partial charge in [-0.3, -0.25) is 4.79 Å². The third-order valence-electron chi connectivity index (χ3n) is 8.38. The Labute approximate surface area is 218 Å². The van der Waals surface area contributed by atoms with Gasteiger partial charge in [0.25, 0.3) is 0 Å². The van der Waals surface area contributed by atoms with Crippen molar-refractivity contribution in [2.24, 2.45) is 23.2 Å². The lowest BCUT2D eigenvalue weighted by molar-refractivity contribution is -0.143. The second-order valence-electron chi connectivity index (χ2n) is 10.7. The van der Waals surface area contributed by atoms with E-state index in [2.05, 4.69) is 25.7 Å². The lowest BCUT2D eigenvalue weighted by atomic mass is 9.53. The second kappa shape index (κ2) is 10.4. The summed E-state index contributed by atoms with van der Waals surface area (Å²) in [5.74, 6) is 1.35. The number of nitrogens with one attached hydrogen (secondary N) is 1. The molecule has 0 unspecified atom stereocenters. The molecule has 0 radical (unpaired) electrons. The summed E-state index contributed by atoms with van der Waals surface area (Å²) in [6.45, 7) is 10.7. The number of nitrogens with zero attached hydrogens (tertiary/aromatic N) is 2. The van der Waals surface area contributed by atoms with Gasteiger partial charge in [0.15, 0.2) is 5.13 Å². The van der Waals surface area contributed by atoms with Crippen LogP contribution < -0.4 is 14.8 Å². The Morgan fingerprint density at radius 3 is 2.83 bits per heavy atom. The number of thiazole rings is 1. The number of ether oxygens (including phenoxy) is 2. The second-order valence-corrected chi connectivity index (χ2v) is 11.7. The van der Waals surface area contributed by atoms with Gasteiger partial charge < -0.3 is 24.8 Å². The summed E-state index contributed by atoms with van der Waals surface area (Å²) in [4.78, 5) is 21.0. The van der Waals surface area contributed by atoms with Gasteiger partial charge in [-0.15, -0.1) is 17.9 Å². The standard InChI is InChI=1S/C28H39N3O4S/c1-8-13-31(5)26(33)16(2)19-11-12-28(4)15-22-24(17(3)23(28)25(19)32)30-27(36-22)29-20-14-18(34-6)9-10-21(20)35-7/h8-10,14,16-17,19,23,25,32H,1,11-13,15H2,2-7H3,(H,29,30)/t16-,17-,19-,23+,25-,28-/m0/s1. The van der Waals surface area contributed by atoms with E-state index in [9.17, 15) is 9.90 Å². The largest absolute Gasteiger partial charge is 0.497 e. The lowest BCUT2D eigenvalue weighted by Crippen LogP contribution is -2.53. The summed E-state index contributed by atoms with van der Waals surface area (Å²) >= 11 is 1.67. The summed E-state index contributed by atoms with van der Waals surface area (Å²) in [5.41, 5.74) is 1.82. The summed E-state index contributed by atoms with van der Waals surface area (Å²) < 4.78 is 10.9. The highest BCUT2D eigenvalue weighted by Gasteiger charge is 2.54. The van der Waals surface area contributed by atoms with Crippen molar-refractivity contribution in [2.45, 2.75) is 52.1 Å². The number of methoxy groups -OCH3 is 2. The van der Waals surface area contributed by atoms with Crippen molar-refractivity contribution in [3.8, 4) is 11.5 Å². The van der Waals surface area contributed by atoms with Crippen LogP contribution >= 0.6 is 11.3 Å². The van der Waals surface area contributed by atoms with E-state index in [1.807, 2.05) is 25.1 Å². The monoisotopic (exact) mass is 513 g/mol. The molecule has 2 aliphatic carbocycles. The van der Waals surface area contributed by atoms with Crippen molar-refractivity contribution in [3.05, 3.63) is 41.4 Å². The summed E-state index contributed by atoms with van der Waals surface area (Å²) in [6, 6.07) is 5.64. The molecule has 1 aromatic heterocycles. The molecule has 36 heavy (non-hydrogen) atoms. The zero-order valence-corrected chi connectivity index (χ0v) is 23.0. The van der Waals surface area contributed by atoms with Gasteiger partial charge in [0.2, 0.25) is 5.91 Å². The third kappa shape index (κ3) is 4.73. The predicted octanol–water partition coefficient (Wildman–Crippen LogP) is 5.24. The van der Waals surface area contributed by atoms with E-state index >= 15 is 0 Å². The Morgan fingerprint density at radius 2 is 2.17 bits per heavy atom. The fourth-order valence-corrected chi connectivity index (χ4v) is 7.72. The third-order valence-corrected chi connectivity index (χ3v) is 9.37. The number of fused-ring (bicyclic) bond motifs is 2. The van der Waals surface area contributed by atoms with Gasteiger partial charge >= 0.3 is 0 Å². The summed E-state index contributed by atoms with van der Waals surface area (Å²) in [6.07, 6.45) is 3.89. The van der Waals surface area contributed by atoms with Crippen LogP contribution in [0.25, 0.3) is 0 Å². The SMILES string of the molecule is C=CCN(C)C(=O)[C@@H](C)[C@@H]1CC[C@@]2(C)Cc3sc(Nc4cc(OC)ccc4OC)nc3[C@@H](C)[C@@H]2[C@H]1O. The minimum absolute atomic E-state index is 0.0322. The van der Waals surface area contributed by atoms with E-state index < -0.39 is 6.10 Å². The molecule has 1 fully saturated rings. The zero-order chi connectivity index (χ0) is 26.2. The molecule has 0 bridgehead atoms. The Morgan fingerprint density at radius 1 is 1.42 bits per heavy atom. The molecule has 1 amide bonds. The van der Waals surface area contributed by atoms with Crippen molar-refractivity contribution in [2.75, 3.05) is 33.1 Å². The first kappa shape index (κ1) is 26.5. The first-order valence-corrected chi connectivity index (χ1v) is 13.5. The number of likely N-dealkylation sites (N-methyl/N-ethyl adjacent to an activating group) is 1. The van der Waals surface area contributed by atoms with Crippen molar-refractivity contribution < 1.29 is 19.4 Å². The number of hydrogen-bond acceptors (Lipinski definition) is 7. The molecule has 8 heteroatoms. The molecule has 1 saturated carbocycles. The molecule has 2 aromatic rings. The Balaban J connectivity index is 1.59. The number of aliphatic hydroxyl groups excluding tert-OH is 1. The van der Waals surface area contributed by atoms with Gasteiger partial charge in [-0.1, -0.05) is 26.8 Å². The molecule has 0 spiro atoms. The molecule has 6 atom stereocenters. The molecule has 4 rings (SSSR count). The fourth-order valence-electron chi connectivity index (χ4n) is 6.44. The maximum absolute atomic E-state index is 13.0. The number of carbonyl (C=O) groups is 1. The number of anilines is 2. The molecular weight excluding hydrogens is 474 g/mol. The quantitative estimate of drug-likeness (QED) is 0.470. The van der Waals surface area contributed by atoms with Crippen LogP contribution in [0.3, 0.4) is 0 Å². The zero-order valence-electron chi connectivity index (χ0n) is 22.2. The Bertz CT molecular complexity index is 1120. The molecule has 2 aliphatic rings. The van der Waals surface area contributed by atoms with E-state index in [-0.39, 0.29) is 35.0 Å². The molecular formula is C28H39N3O4S. The normalized spacial score (nSPS) is 27.9. The van der Waals surface area contributed by atoms with E-state index in [4.69, 9.17) is 14.5 Å². The first-order valence-electron chi connectivity index (χ1n) is 12.7. The van der Waals surface area contributed by atoms with Crippen molar-refractivity contribution in [1.82, 2.24) is 9.88 Å². The molecule has 0 saturated heterocycles. The van der Waals surface area contributed by atoms with Gasteiger partial charge in [-0.05, 0) is 48.6 Å². The van der Waals surface area contributed by atoms with Gasteiger partial charge in [0.05, 0.1) is 31.7 Å². The number of hydrogen-bond donors (Lipinski definition) is 2. The van der Waals surface area contributed by atoms with Gasteiger partial charge in [0.1, 0.15) is 11.5 Å². The van der Waals surface area contributed by atoms with Crippen LogP contribution in [0.1, 0.15) is 50.1 Å². The minimum Gasteiger partial charge on any atom is -0.497 e. The number of carbonyl (C=O) groups excluding carboxylic acids is 1. The van der Waals surface area contributed by atoms with Gasteiger partial charge in [0, 0.05) is 36.4 Å². The summed E-state index contributed by atoms with van der Waals surface area (Å²) in [7, 11) is 5.09. The Hall–Kier alpha value is -2.58. The van der Waals surface area contributed by atoms with Crippen molar-refractivity contribution in [1.29, 1.82) is 0 Å². The lowest BCUT2D eigenvalue weighted by Gasteiger charge is -2.53. The maximum Gasteiger partial charge on any atom is 0.225 e. The van der Waals surface area contributed by atoms with Crippen LogP contribution in [0.15, 0.2) is 30.9 Å². The number of aliphatic hydroxyl groups is 1. The van der Waals surface area contributed by atoms with E-state index in [0.29, 0.717) is 6.54 Å². The van der Waals surface area contributed by atoms with E-state index in [1.54, 1.807) is 43.6 Å². The minimum atomic E-state index is -0.556. The molecule has 196 valence electrons. The van der Waals surface area contributed by atoms with Crippen molar-refractivity contribution >= 4 is 28.1 Å². The average molecular weight is 514 g/mol. The highest BCUT2D eigenvalue weighted by Crippen LogP contribution is 2.57. The highest BCUT2D eigenvalue weighted by atomic mass is 32.1. The summed E-state index contributed by atoms with van der Waals surface area (Å²) in [5, 5.41) is 15.9. The molecule has 2 N–H and O–H groups in total. The number of rotatable bonds is 8. The highest BCUT2D eigenvalue weighted by molar-refractivity contribution is 7.15. The van der Waals surface area contributed by atoms with Crippen molar-refractivity contribution in [3.63, 3.8) is 0 Å². The van der Waals surface area contributed by atoms with Crippen LogP contribution in [-0.4, -0.2) is 54.8 Å². The van der Waals surface area contributed by atoms with Crippen LogP contribution in [0.5, 0.6) is 11.5 Å². The molecule has 7 nitrogen and oxygen atoms in total. The van der Waals surface area contributed by atoms with E-state index in [0.717, 1.165) is 47.3 Å². The maximum atomic E-state index is 13.0. The molecule has 1 heterocycles. The number of benzene rings is 1. The molecule has 0 aliphatic heterocycles. The number of aromatic nitrogens is 1. The predicted molar refractivity (Wildman–Crippen MR) is 144 cm³/mol. The smallest absolute Gasteiger partial charge is 0.225 e.